The number of carbonyl (C=O) groups is 1. The minimum Gasteiger partial charge on any atom is -0.497 e. The van der Waals surface area contributed by atoms with E-state index < -0.39 is 0 Å². The van der Waals surface area contributed by atoms with Gasteiger partial charge in [0.25, 0.3) is 0 Å². The Hall–Kier alpha value is -1.83. The van der Waals surface area contributed by atoms with Crippen LogP contribution in [0, 0.1) is 5.92 Å². The molecule has 2 saturated heterocycles. The van der Waals surface area contributed by atoms with Crippen LogP contribution in [0.4, 0.5) is 10.5 Å². The summed E-state index contributed by atoms with van der Waals surface area (Å²) in [7, 11) is 1.66. The monoisotopic (exact) mass is 375 g/mol. The number of hydrogen-bond acceptors (Lipinski definition) is 5. The second-order valence-electron chi connectivity index (χ2n) is 7.58. The SMILES string of the molecule is COc1ccc2c(c1)CN(CCC1CCN(CC3OCCO3)CC1)C(=O)N2. The van der Waals surface area contributed by atoms with Gasteiger partial charge in [-0.1, -0.05) is 0 Å². The molecule has 0 bridgehead atoms. The maximum absolute atomic E-state index is 12.4. The molecule has 3 aliphatic rings. The van der Waals surface area contributed by atoms with E-state index in [0.717, 1.165) is 49.6 Å². The molecule has 0 unspecified atom stereocenters. The smallest absolute Gasteiger partial charge is 0.322 e. The third kappa shape index (κ3) is 4.54. The van der Waals surface area contributed by atoms with E-state index in [2.05, 4.69) is 10.2 Å². The average molecular weight is 375 g/mol. The number of ether oxygens (including phenoxy) is 3. The Morgan fingerprint density at radius 3 is 2.74 bits per heavy atom. The molecule has 27 heavy (non-hydrogen) atoms. The molecule has 0 aliphatic carbocycles. The van der Waals surface area contributed by atoms with Gasteiger partial charge in [-0.25, -0.2) is 4.79 Å². The van der Waals surface area contributed by atoms with Crippen molar-refractivity contribution < 1.29 is 19.0 Å². The van der Waals surface area contributed by atoms with Crippen molar-refractivity contribution in [3.63, 3.8) is 0 Å². The fourth-order valence-electron chi connectivity index (χ4n) is 4.12. The molecule has 4 rings (SSSR count). The van der Waals surface area contributed by atoms with Crippen molar-refractivity contribution >= 4 is 11.7 Å². The van der Waals surface area contributed by atoms with Gasteiger partial charge in [0, 0.05) is 25.3 Å². The predicted octanol–water partition coefficient (Wildman–Crippen LogP) is 2.52. The Balaban J connectivity index is 1.23. The van der Waals surface area contributed by atoms with Gasteiger partial charge in [-0.3, -0.25) is 4.90 Å². The van der Waals surface area contributed by atoms with E-state index in [1.165, 1.54) is 12.8 Å². The lowest BCUT2D eigenvalue weighted by Gasteiger charge is -2.35. The number of benzene rings is 1. The van der Waals surface area contributed by atoms with E-state index in [0.29, 0.717) is 25.7 Å². The van der Waals surface area contributed by atoms with Gasteiger partial charge in [-0.2, -0.15) is 0 Å². The highest BCUT2D eigenvalue weighted by molar-refractivity contribution is 5.92. The van der Waals surface area contributed by atoms with Crippen LogP contribution in [0.2, 0.25) is 0 Å². The molecule has 3 heterocycles. The normalized spacial score (nSPS) is 22.0. The molecule has 2 amide bonds. The highest BCUT2D eigenvalue weighted by Gasteiger charge is 2.27. The summed E-state index contributed by atoms with van der Waals surface area (Å²) >= 11 is 0. The van der Waals surface area contributed by atoms with Crippen molar-refractivity contribution in [2.24, 2.45) is 5.92 Å². The number of urea groups is 1. The summed E-state index contributed by atoms with van der Waals surface area (Å²) in [4.78, 5) is 16.7. The van der Waals surface area contributed by atoms with Crippen LogP contribution in [0.1, 0.15) is 24.8 Å². The van der Waals surface area contributed by atoms with Crippen LogP contribution < -0.4 is 10.1 Å². The zero-order chi connectivity index (χ0) is 18.6. The first-order valence-electron chi connectivity index (χ1n) is 9.89. The third-order valence-corrected chi connectivity index (χ3v) is 5.81. The summed E-state index contributed by atoms with van der Waals surface area (Å²) in [6.45, 7) is 5.91. The predicted molar refractivity (Wildman–Crippen MR) is 102 cm³/mol. The molecule has 7 heteroatoms. The minimum absolute atomic E-state index is 0.000587. The van der Waals surface area contributed by atoms with Crippen LogP contribution in [0.15, 0.2) is 18.2 Å². The Labute approximate surface area is 160 Å². The molecule has 0 radical (unpaired) electrons. The maximum atomic E-state index is 12.4. The van der Waals surface area contributed by atoms with Gasteiger partial charge in [-0.05, 0) is 62.0 Å². The maximum Gasteiger partial charge on any atom is 0.322 e. The highest BCUT2D eigenvalue weighted by atomic mass is 16.7. The van der Waals surface area contributed by atoms with Crippen LogP contribution in [0.3, 0.4) is 0 Å². The van der Waals surface area contributed by atoms with E-state index in [9.17, 15) is 4.79 Å². The highest BCUT2D eigenvalue weighted by Crippen LogP contribution is 2.28. The summed E-state index contributed by atoms with van der Waals surface area (Å²) in [6.07, 6.45) is 3.35. The molecule has 0 saturated carbocycles. The lowest BCUT2D eigenvalue weighted by atomic mass is 9.93. The first-order chi connectivity index (χ1) is 13.2. The van der Waals surface area contributed by atoms with Gasteiger partial charge in [0.05, 0.1) is 20.3 Å². The van der Waals surface area contributed by atoms with Crippen LogP contribution in [0.5, 0.6) is 5.75 Å². The molecular weight excluding hydrogens is 346 g/mol. The molecule has 1 N–H and O–H groups in total. The number of piperidine rings is 1. The first kappa shape index (κ1) is 18.5. The molecule has 0 atom stereocenters. The molecule has 0 aromatic heterocycles. The fourth-order valence-corrected chi connectivity index (χ4v) is 4.12. The minimum atomic E-state index is -0.0457. The second kappa shape index (κ2) is 8.46. The number of methoxy groups -OCH3 is 1. The molecule has 0 spiro atoms. The summed E-state index contributed by atoms with van der Waals surface area (Å²) in [5.41, 5.74) is 2.00. The van der Waals surface area contributed by atoms with Crippen LogP contribution in [0.25, 0.3) is 0 Å². The van der Waals surface area contributed by atoms with E-state index in [-0.39, 0.29) is 12.3 Å². The van der Waals surface area contributed by atoms with Gasteiger partial charge in [0.2, 0.25) is 0 Å². The van der Waals surface area contributed by atoms with Gasteiger partial charge >= 0.3 is 6.03 Å². The number of amides is 2. The molecule has 7 nitrogen and oxygen atoms in total. The standard InChI is InChI=1S/C20H29N3O4/c1-25-17-2-3-18-16(12-17)13-23(20(24)21-18)9-6-15-4-7-22(8-5-15)14-19-26-10-11-27-19/h2-3,12,15,19H,4-11,13-14H2,1H3,(H,21,24). The number of nitrogens with zero attached hydrogens (tertiary/aromatic N) is 2. The first-order valence-corrected chi connectivity index (χ1v) is 9.89. The molecule has 3 aliphatic heterocycles. The van der Waals surface area contributed by atoms with Crippen molar-refractivity contribution in [2.75, 3.05) is 51.8 Å². The number of hydrogen-bond donors (Lipinski definition) is 1. The van der Waals surface area contributed by atoms with E-state index in [4.69, 9.17) is 14.2 Å². The number of carbonyl (C=O) groups excluding carboxylic acids is 1. The van der Waals surface area contributed by atoms with Crippen LogP contribution in [-0.2, 0) is 16.0 Å². The number of rotatable bonds is 6. The summed E-state index contributed by atoms with van der Waals surface area (Å²) in [6, 6.07) is 5.80. The number of likely N-dealkylation sites (tertiary alicyclic amines) is 1. The van der Waals surface area contributed by atoms with Crippen molar-refractivity contribution in [2.45, 2.75) is 32.1 Å². The average Bonchev–Trinajstić information content (AvgIpc) is 3.20. The van der Waals surface area contributed by atoms with Crippen LogP contribution in [-0.4, -0.2) is 68.6 Å². The lowest BCUT2D eigenvalue weighted by Crippen LogP contribution is -2.42. The Bertz CT molecular complexity index is 655. The molecule has 1 aromatic rings. The third-order valence-electron chi connectivity index (χ3n) is 5.81. The fraction of sp³-hybridized carbons (Fsp3) is 0.650. The van der Waals surface area contributed by atoms with Gasteiger partial charge in [0.15, 0.2) is 6.29 Å². The largest absolute Gasteiger partial charge is 0.497 e. The zero-order valence-corrected chi connectivity index (χ0v) is 16.0. The van der Waals surface area contributed by atoms with Crippen molar-refractivity contribution in [3.8, 4) is 5.75 Å². The number of fused-ring (bicyclic) bond motifs is 1. The van der Waals surface area contributed by atoms with E-state index in [1.54, 1.807) is 7.11 Å². The zero-order valence-electron chi connectivity index (χ0n) is 16.0. The van der Waals surface area contributed by atoms with Gasteiger partial charge in [-0.15, -0.1) is 0 Å². The summed E-state index contributed by atoms with van der Waals surface area (Å²) in [5.74, 6) is 1.50. The topological polar surface area (TPSA) is 63.3 Å². The van der Waals surface area contributed by atoms with E-state index >= 15 is 0 Å². The van der Waals surface area contributed by atoms with Gasteiger partial charge in [0.1, 0.15) is 5.75 Å². The Kier molecular flexibility index (Phi) is 5.80. The second-order valence-corrected chi connectivity index (χ2v) is 7.58. The van der Waals surface area contributed by atoms with E-state index in [1.807, 2.05) is 23.1 Å². The molecule has 148 valence electrons. The van der Waals surface area contributed by atoms with Crippen molar-refractivity contribution in [3.05, 3.63) is 23.8 Å². The quantitative estimate of drug-likeness (QED) is 0.828. The van der Waals surface area contributed by atoms with Crippen LogP contribution >= 0.6 is 0 Å². The molecule has 2 fully saturated rings. The lowest BCUT2D eigenvalue weighted by molar-refractivity contribution is -0.0662. The number of anilines is 1. The molecule has 1 aromatic carbocycles. The molecular formula is C20H29N3O4. The van der Waals surface area contributed by atoms with Gasteiger partial charge < -0.3 is 24.4 Å². The summed E-state index contributed by atoms with van der Waals surface area (Å²) < 4.78 is 16.4. The van der Waals surface area contributed by atoms with Crippen molar-refractivity contribution in [1.29, 1.82) is 0 Å². The Morgan fingerprint density at radius 1 is 1.22 bits per heavy atom. The van der Waals surface area contributed by atoms with Crippen molar-refractivity contribution in [1.82, 2.24) is 9.80 Å². The Morgan fingerprint density at radius 2 is 2.00 bits per heavy atom. The summed E-state index contributed by atoms with van der Waals surface area (Å²) in [5, 5.41) is 2.99. The number of nitrogens with one attached hydrogen (secondary N) is 1.